The number of methoxy groups -OCH3 is 2. The molecule has 1 amide bonds. The minimum atomic E-state index is -3.44. The predicted octanol–water partition coefficient (Wildman–Crippen LogP) is 2.25. The van der Waals surface area contributed by atoms with Gasteiger partial charge in [0.25, 0.3) is 0 Å². The van der Waals surface area contributed by atoms with Crippen molar-refractivity contribution in [1.82, 2.24) is 9.62 Å². The normalized spacial score (nSPS) is 11.3. The Kier molecular flexibility index (Phi) is 8.04. The van der Waals surface area contributed by atoms with Crippen molar-refractivity contribution in [3.8, 4) is 11.5 Å². The van der Waals surface area contributed by atoms with Crippen LogP contribution in [-0.4, -0.2) is 53.5 Å². The number of rotatable bonds is 10. The van der Waals surface area contributed by atoms with Crippen LogP contribution in [0.5, 0.6) is 11.5 Å². The SMILES string of the molecule is COc1ccc(CCNC(=O)CCc2ccc(S(=O)(=O)N(C)C)cc2)cc1OC. The van der Waals surface area contributed by atoms with E-state index in [-0.39, 0.29) is 10.8 Å². The number of nitrogens with zero attached hydrogens (tertiary/aromatic N) is 1. The first-order valence-corrected chi connectivity index (χ1v) is 10.7. The highest BCUT2D eigenvalue weighted by Crippen LogP contribution is 2.27. The van der Waals surface area contributed by atoms with Gasteiger partial charge in [-0.2, -0.15) is 0 Å². The molecule has 0 heterocycles. The van der Waals surface area contributed by atoms with E-state index in [1.54, 1.807) is 38.5 Å². The van der Waals surface area contributed by atoms with Crippen LogP contribution in [0.1, 0.15) is 17.5 Å². The second-order valence-corrected chi connectivity index (χ2v) is 8.87. The first kappa shape index (κ1) is 22.7. The molecule has 0 spiro atoms. The van der Waals surface area contributed by atoms with Crippen LogP contribution in [0, 0.1) is 0 Å². The van der Waals surface area contributed by atoms with Gasteiger partial charge in [0.15, 0.2) is 11.5 Å². The summed E-state index contributed by atoms with van der Waals surface area (Å²) in [5.74, 6) is 1.29. The molecule has 0 aliphatic rings. The molecule has 0 unspecified atom stereocenters. The average Bonchev–Trinajstić information content (AvgIpc) is 2.72. The fraction of sp³-hybridized carbons (Fsp3) is 0.381. The Morgan fingerprint density at radius 1 is 0.931 bits per heavy atom. The van der Waals surface area contributed by atoms with E-state index < -0.39 is 10.0 Å². The summed E-state index contributed by atoms with van der Waals surface area (Å²) >= 11 is 0. The van der Waals surface area contributed by atoms with Gasteiger partial charge in [0, 0.05) is 27.1 Å². The van der Waals surface area contributed by atoms with Crippen LogP contribution in [0.15, 0.2) is 47.4 Å². The Labute approximate surface area is 172 Å². The monoisotopic (exact) mass is 420 g/mol. The Hall–Kier alpha value is -2.58. The number of amides is 1. The van der Waals surface area contributed by atoms with Gasteiger partial charge in [-0.15, -0.1) is 0 Å². The van der Waals surface area contributed by atoms with Crippen molar-refractivity contribution >= 4 is 15.9 Å². The molecule has 1 N–H and O–H groups in total. The number of carbonyl (C=O) groups excluding carboxylic acids is 1. The van der Waals surface area contributed by atoms with E-state index in [1.165, 1.54) is 18.4 Å². The molecule has 158 valence electrons. The van der Waals surface area contributed by atoms with Crippen LogP contribution in [0.4, 0.5) is 0 Å². The van der Waals surface area contributed by atoms with E-state index in [0.717, 1.165) is 11.1 Å². The molecule has 0 aliphatic heterocycles. The molecular formula is C21H28N2O5S. The zero-order valence-corrected chi connectivity index (χ0v) is 18.1. The van der Waals surface area contributed by atoms with Crippen LogP contribution in [0.2, 0.25) is 0 Å². The van der Waals surface area contributed by atoms with Crippen molar-refractivity contribution in [3.63, 3.8) is 0 Å². The molecule has 0 aromatic heterocycles. The molecule has 2 aromatic carbocycles. The first-order valence-electron chi connectivity index (χ1n) is 9.27. The zero-order chi connectivity index (χ0) is 21.4. The van der Waals surface area contributed by atoms with Crippen LogP contribution < -0.4 is 14.8 Å². The number of aryl methyl sites for hydroxylation is 1. The smallest absolute Gasteiger partial charge is 0.242 e. The largest absolute Gasteiger partial charge is 0.493 e. The third-order valence-electron chi connectivity index (χ3n) is 4.53. The lowest BCUT2D eigenvalue weighted by atomic mass is 10.1. The molecule has 0 atom stereocenters. The van der Waals surface area contributed by atoms with Crippen molar-refractivity contribution in [3.05, 3.63) is 53.6 Å². The van der Waals surface area contributed by atoms with E-state index in [0.29, 0.717) is 37.3 Å². The summed E-state index contributed by atoms with van der Waals surface area (Å²) in [5.41, 5.74) is 1.96. The summed E-state index contributed by atoms with van der Waals surface area (Å²) < 4.78 is 35.8. The van der Waals surface area contributed by atoms with Crippen LogP contribution >= 0.6 is 0 Å². The topological polar surface area (TPSA) is 84.9 Å². The molecule has 2 rings (SSSR count). The molecular weight excluding hydrogens is 392 g/mol. The van der Waals surface area contributed by atoms with Gasteiger partial charge in [0.2, 0.25) is 15.9 Å². The number of hydrogen-bond donors (Lipinski definition) is 1. The standard InChI is InChI=1S/C21H28N2O5S/c1-23(2)29(25,26)18-9-5-16(6-10-18)8-12-21(24)22-14-13-17-7-11-19(27-3)20(15-17)28-4/h5-7,9-11,15H,8,12-14H2,1-4H3,(H,22,24). The molecule has 29 heavy (non-hydrogen) atoms. The van der Waals surface area contributed by atoms with Crippen LogP contribution in [0.25, 0.3) is 0 Å². The highest BCUT2D eigenvalue weighted by Gasteiger charge is 2.16. The van der Waals surface area contributed by atoms with E-state index >= 15 is 0 Å². The minimum Gasteiger partial charge on any atom is -0.493 e. The van der Waals surface area contributed by atoms with Crippen LogP contribution in [-0.2, 0) is 27.7 Å². The van der Waals surface area contributed by atoms with Gasteiger partial charge in [0.05, 0.1) is 19.1 Å². The van der Waals surface area contributed by atoms with E-state index in [2.05, 4.69) is 5.32 Å². The van der Waals surface area contributed by atoms with Crippen molar-refractivity contribution in [2.45, 2.75) is 24.2 Å². The van der Waals surface area contributed by atoms with E-state index in [9.17, 15) is 13.2 Å². The molecule has 8 heteroatoms. The number of nitrogens with one attached hydrogen (secondary N) is 1. The zero-order valence-electron chi connectivity index (χ0n) is 17.3. The maximum atomic E-state index is 12.1. The van der Waals surface area contributed by atoms with Gasteiger partial charge < -0.3 is 14.8 Å². The maximum absolute atomic E-state index is 12.1. The lowest BCUT2D eigenvalue weighted by Crippen LogP contribution is -2.25. The summed E-state index contributed by atoms with van der Waals surface area (Å²) in [7, 11) is 2.73. The first-order chi connectivity index (χ1) is 13.8. The average molecular weight is 421 g/mol. The second kappa shape index (κ2) is 10.3. The molecule has 0 bridgehead atoms. The Morgan fingerprint density at radius 3 is 2.14 bits per heavy atom. The maximum Gasteiger partial charge on any atom is 0.242 e. The Bertz CT molecular complexity index is 925. The molecule has 2 aromatic rings. The van der Waals surface area contributed by atoms with Crippen molar-refractivity contribution < 1.29 is 22.7 Å². The van der Waals surface area contributed by atoms with Crippen molar-refractivity contribution in [2.24, 2.45) is 0 Å². The third-order valence-corrected chi connectivity index (χ3v) is 6.36. The second-order valence-electron chi connectivity index (χ2n) is 6.72. The summed E-state index contributed by atoms with van der Waals surface area (Å²) in [5, 5.41) is 2.90. The number of sulfonamides is 1. The lowest BCUT2D eigenvalue weighted by Gasteiger charge is -2.12. The van der Waals surface area contributed by atoms with Gasteiger partial charge in [0.1, 0.15) is 0 Å². The number of benzene rings is 2. The molecule has 0 fully saturated rings. The molecule has 0 aliphatic carbocycles. The fourth-order valence-electron chi connectivity index (χ4n) is 2.77. The van der Waals surface area contributed by atoms with Crippen LogP contribution in [0.3, 0.4) is 0 Å². The molecule has 7 nitrogen and oxygen atoms in total. The third kappa shape index (κ3) is 6.20. The molecule has 0 saturated carbocycles. The Balaban J connectivity index is 1.80. The highest BCUT2D eigenvalue weighted by atomic mass is 32.2. The fourth-order valence-corrected chi connectivity index (χ4v) is 3.67. The van der Waals surface area contributed by atoms with E-state index in [1.807, 2.05) is 18.2 Å². The van der Waals surface area contributed by atoms with E-state index in [4.69, 9.17) is 9.47 Å². The Morgan fingerprint density at radius 2 is 1.55 bits per heavy atom. The van der Waals surface area contributed by atoms with Gasteiger partial charge in [-0.25, -0.2) is 12.7 Å². The molecule has 0 saturated heterocycles. The highest BCUT2D eigenvalue weighted by molar-refractivity contribution is 7.89. The van der Waals surface area contributed by atoms with Crippen molar-refractivity contribution in [1.29, 1.82) is 0 Å². The summed E-state index contributed by atoms with van der Waals surface area (Å²) in [6, 6.07) is 12.3. The van der Waals surface area contributed by atoms with Gasteiger partial charge in [-0.3, -0.25) is 4.79 Å². The van der Waals surface area contributed by atoms with Crippen molar-refractivity contribution in [2.75, 3.05) is 34.9 Å². The van der Waals surface area contributed by atoms with Gasteiger partial charge >= 0.3 is 0 Å². The number of carbonyl (C=O) groups is 1. The summed E-state index contributed by atoms with van der Waals surface area (Å²) in [4.78, 5) is 12.3. The summed E-state index contributed by atoms with van der Waals surface area (Å²) in [6.45, 7) is 0.522. The quantitative estimate of drug-likeness (QED) is 0.637. The number of ether oxygens (including phenoxy) is 2. The van der Waals surface area contributed by atoms with Gasteiger partial charge in [-0.1, -0.05) is 18.2 Å². The predicted molar refractivity (Wildman–Crippen MR) is 112 cm³/mol. The van der Waals surface area contributed by atoms with Gasteiger partial charge in [-0.05, 0) is 48.2 Å². The minimum absolute atomic E-state index is 0.0459. The lowest BCUT2D eigenvalue weighted by molar-refractivity contribution is -0.121. The molecule has 0 radical (unpaired) electrons. The number of hydrogen-bond acceptors (Lipinski definition) is 5. The summed E-state index contributed by atoms with van der Waals surface area (Å²) in [6.07, 6.45) is 1.57.